The minimum atomic E-state index is -0.613. The summed E-state index contributed by atoms with van der Waals surface area (Å²) in [6.45, 7) is 3.81. The Hall–Kier alpha value is -1.80. The van der Waals surface area contributed by atoms with Gasteiger partial charge >= 0.3 is 0 Å². The zero-order valence-electron chi connectivity index (χ0n) is 11.0. The van der Waals surface area contributed by atoms with Crippen LogP contribution < -0.4 is 5.73 Å². The van der Waals surface area contributed by atoms with E-state index in [2.05, 4.69) is 0 Å². The van der Waals surface area contributed by atoms with E-state index in [0.29, 0.717) is 16.3 Å². The second-order valence-electron chi connectivity index (χ2n) is 5.09. The van der Waals surface area contributed by atoms with Gasteiger partial charge in [-0.3, -0.25) is 4.79 Å². The van der Waals surface area contributed by atoms with Crippen molar-refractivity contribution in [1.82, 2.24) is 0 Å². The second kappa shape index (κ2) is 5.06. The molecule has 0 atom stereocenters. The van der Waals surface area contributed by atoms with Gasteiger partial charge in [0.15, 0.2) is 5.78 Å². The molecule has 0 saturated carbocycles. The predicted molar refractivity (Wildman–Crippen MR) is 79.7 cm³/mol. The third-order valence-corrected chi connectivity index (χ3v) is 3.52. The number of carbonyl (C=O) groups excluding carboxylic acids is 1. The number of nitrogens with two attached hydrogens (primary N) is 1. The van der Waals surface area contributed by atoms with Gasteiger partial charge in [0, 0.05) is 16.3 Å². The van der Waals surface area contributed by atoms with E-state index in [1.54, 1.807) is 24.3 Å². The average molecular weight is 274 g/mol. The summed E-state index contributed by atoms with van der Waals surface area (Å²) in [6, 6.07) is 14.4. The van der Waals surface area contributed by atoms with E-state index >= 15 is 0 Å². The summed E-state index contributed by atoms with van der Waals surface area (Å²) in [7, 11) is 0. The smallest absolute Gasteiger partial charge is 0.172 e. The van der Waals surface area contributed by atoms with Crippen molar-refractivity contribution < 1.29 is 4.79 Å². The third-order valence-electron chi connectivity index (χ3n) is 3.29. The highest BCUT2D eigenvalue weighted by Crippen LogP contribution is 2.29. The van der Waals surface area contributed by atoms with Crippen LogP contribution in [0, 0.1) is 0 Å². The summed E-state index contributed by atoms with van der Waals surface area (Å²) in [5.41, 5.74) is 7.31. The Balaban J connectivity index is 2.38. The fraction of sp³-hybridized carbons (Fsp3) is 0.188. The molecule has 2 nitrogen and oxygen atoms in total. The zero-order valence-corrected chi connectivity index (χ0v) is 11.7. The van der Waals surface area contributed by atoms with E-state index in [1.165, 1.54) is 0 Å². The summed E-state index contributed by atoms with van der Waals surface area (Å²) in [6.07, 6.45) is 0. The number of rotatable bonds is 3. The number of halogens is 1. The molecule has 0 aromatic heterocycles. The third kappa shape index (κ3) is 2.79. The van der Waals surface area contributed by atoms with Gasteiger partial charge in [0.25, 0.3) is 0 Å². The number of Topliss-reactive ketones (excluding diaryl/α,β-unsaturated/α-hetero) is 1. The number of hydrogen-bond acceptors (Lipinski definition) is 2. The van der Waals surface area contributed by atoms with Gasteiger partial charge in [-0.05, 0) is 43.7 Å². The molecule has 3 heteroatoms. The molecule has 19 heavy (non-hydrogen) atoms. The van der Waals surface area contributed by atoms with Crippen molar-refractivity contribution in [2.45, 2.75) is 19.3 Å². The lowest BCUT2D eigenvalue weighted by molar-refractivity contribution is 0.0909. The SMILES string of the molecule is CC(C)(C(=O)c1cccc(Cl)c1)c1ccc(N)cc1. The number of ketones is 1. The summed E-state index contributed by atoms with van der Waals surface area (Å²) in [4.78, 5) is 12.6. The molecule has 0 fully saturated rings. The molecule has 0 heterocycles. The first kappa shape index (κ1) is 13.6. The molecule has 0 bridgehead atoms. The number of anilines is 1. The van der Waals surface area contributed by atoms with Crippen molar-refractivity contribution in [2.75, 3.05) is 5.73 Å². The van der Waals surface area contributed by atoms with Gasteiger partial charge in [-0.25, -0.2) is 0 Å². The molecule has 2 N–H and O–H groups in total. The molecule has 0 spiro atoms. The quantitative estimate of drug-likeness (QED) is 0.676. The van der Waals surface area contributed by atoms with Crippen LogP contribution in [0.25, 0.3) is 0 Å². The van der Waals surface area contributed by atoms with Crippen LogP contribution in [0.15, 0.2) is 48.5 Å². The molecule has 0 amide bonds. The first-order valence-electron chi connectivity index (χ1n) is 6.07. The summed E-state index contributed by atoms with van der Waals surface area (Å²) < 4.78 is 0. The molecule has 0 aliphatic rings. The maximum Gasteiger partial charge on any atom is 0.172 e. The standard InChI is InChI=1S/C16H16ClNO/c1-16(2,12-6-8-14(18)9-7-12)15(19)11-4-3-5-13(17)10-11/h3-10H,18H2,1-2H3. The Morgan fingerprint density at radius 1 is 1.11 bits per heavy atom. The molecule has 0 aliphatic heterocycles. The normalized spacial score (nSPS) is 11.3. The molecule has 0 radical (unpaired) electrons. The van der Waals surface area contributed by atoms with Gasteiger partial charge in [0.05, 0.1) is 5.41 Å². The largest absolute Gasteiger partial charge is 0.399 e. The van der Waals surface area contributed by atoms with Crippen LogP contribution in [0.2, 0.25) is 5.02 Å². The van der Waals surface area contributed by atoms with Crippen molar-refractivity contribution in [3.05, 3.63) is 64.7 Å². The van der Waals surface area contributed by atoms with E-state index in [4.69, 9.17) is 17.3 Å². The lowest BCUT2D eigenvalue weighted by Crippen LogP contribution is -2.29. The minimum Gasteiger partial charge on any atom is -0.399 e. The van der Waals surface area contributed by atoms with Gasteiger partial charge < -0.3 is 5.73 Å². The van der Waals surface area contributed by atoms with E-state index in [-0.39, 0.29) is 5.78 Å². The van der Waals surface area contributed by atoms with E-state index < -0.39 is 5.41 Å². The lowest BCUT2D eigenvalue weighted by atomic mass is 9.78. The highest BCUT2D eigenvalue weighted by atomic mass is 35.5. The molecular weight excluding hydrogens is 258 g/mol. The molecule has 2 rings (SSSR count). The molecular formula is C16H16ClNO. The molecule has 0 unspecified atom stereocenters. The van der Waals surface area contributed by atoms with E-state index in [0.717, 1.165) is 5.56 Å². The van der Waals surface area contributed by atoms with E-state index in [1.807, 2.05) is 38.1 Å². The van der Waals surface area contributed by atoms with Crippen molar-refractivity contribution in [3.8, 4) is 0 Å². The van der Waals surface area contributed by atoms with Crippen molar-refractivity contribution in [1.29, 1.82) is 0 Å². The Kier molecular flexibility index (Phi) is 3.63. The zero-order chi connectivity index (χ0) is 14.0. The Morgan fingerprint density at radius 3 is 2.32 bits per heavy atom. The number of carbonyl (C=O) groups is 1. The maximum atomic E-state index is 12.6. The fourth-order valence-corrected chi connectivity index (χ4v) is 2.21. The topological polar surface area (TPSA) is 43.1 Å². The van der Waals surface area contributed by atoms with Crippen molar-refractivity contribution in [2.24, 2.45) is 0 Å². The van der Waals surface area contributed by atoms with Gasteiger partial charge in [-0.15, -0.1) is 0 Å². The van der Waals surface area contributed by atoms with Gasteiger partial charge in [0.1, 0.15) is 0 Å². The minimum absolute atomic E-state index is 0.0415. The summed E-state index contributed by atoms with van der Waals surface area (Å²) in [5, 5.41) is 0.568. The Labute approximate surface area is 118 Å². The van der Waals surface area contributed by atoms with Crippen LogP contribution in [-0.2, 0) is 5.41 Å². The number of nitrogen functional groups attached to an aromatic ring is 1. The Bertz CT molecular complexity index is 602. The molecule has 98 valence electrons. The molecule has 0 aliphatic carbocycles. The van der Waals surface area contributed by atoms with Crippen molar-refractivity contribution in [3.63, 3.8) is 0 Å². The van der Waals surface area contributed by atoms with Crippen LogP contribution in [0.4, 0.5) is 5.69 Å². The van der Waals surface area contributed by atoms with Gasteiger partial charge in [-0.2, -0.15) is 0 Å². The van der Waals surface area contributed by atoms with Crippen LogP contribution in [0.1, 0.15) is 29.8 Å². The van der Waals surface area contributed by atoms with E-state index in [9.17, 15) is 4.79 Å². The highest BCUT2D eigenvalue weighted by Gasteiger charge is 2.30. The summed E-state index contributed by atoms with van der Waals surface area (Å²) >= 11 is 5.94. The van der Waals surface area contributed by atoms with Crippen LogP contribution in [0.3, 0.4) is 0 Å². The second-order valence-corrected chi connectivity index (χ2v) is 5.52. The lowest BCUT2D eigenvalue weighted by Gasteiger charge is -2.24. The fourth-order valence-electron chi connectivity index (χ4n) is 2.02. The van der Waals surface area contributed by atoms with Crippen LogP contribution in [-0.4, -0.2) is 5.78 Å². The van der Waals surface area contributed by atoms with Crippen LogP contribution >= 0.6 is 11.6 Å². The maximum absolute atomic E-state index is 12.6. The highest BCUT2D eigenvalue weighted by molar-refractivity contribution is 6.31. The molecule has 2 aromatic rings. The van der Waals surface area contributed by atoms with Gasteiger partial charge in [-0.1, -0.05) is 35.9 Å². The molecule has 2 aromatic carbocycles. The monoisotopic (exact) mass is 273 g/mol. The average Bonchev–Trinajstić information content (AvgIpc) is 2.38. The molecule has 0 saturated heterocycles. The van der Waals surface area contributed by atoms with Crippen molar-refractivity contribution >= 4 is 23.1 Å². The first-order chi connectivity index (χ1) is 8.91. The van der Waals surface area contributed by atoms with Gasteiger partial charge in [0.2, 0.25) is 0 Å². The summed E-state index contributed by atoms with van der Waals surface area (Å²) in [5.74, 6) is 0.0415. The number of benzene rings is 2. The first-order valence-corrected chi connectivity index (χ1v) is 6.45. The Morgan fingerprint density at radius 2 is 1.74 bits per heavy atom. The van der Waals surface area contributed by atoms with Crippen LogP contribution in [0.5, 0.6) is 0 Å². The number of hydrogen-bond donors (Lipinski definition) is 1. The predicted octanol–water partition coefficient (Wildman–Crippen LogP) is 4.08.